The van der Waals surface area contributed by atoms with Crippen LogP contribution in [-0.2, 0) is 6.54 Å². The highest BCUT2D eigenvalue weighted by molar-refractivity contribution is 5.92. The second kappa shape index (κ2) is 9.99. The summed E-state index contributed by atoms with van der Waals surface area (Å²) in [7, 11) is 3.35. The number of rotatable bonds is 7. The van der Waals surface area contributed by atoms with Gasteiger partial charge in [0.15, 0.2) is 5.96 Å². The van der Waals surface area contributed by atoms with Crippen molar-refractivity contribution in [2.45, 2.75) is 19.4 Å². The normalized spacial score (nSPS) is 16.0. The average Bonchev–Trinajstić information content (AvgIpc) is 2.74. The van der Waals surface area contributed by atoms with Gasteiger partial charge in [0.25, 0.3) is 0 Å². The summed E-state index contributed by atoms with van der Waals surface area (Å²) in [6.45, 7) is 3.93. The van der Waals surface area contributed by atoms with Crippen LogP contribution < -0.4 is 20.5 Å². The summed E-state index contributed by atoms with van der Waals surface area (Å²) in [5.74, 6) is 2.73. The Morgan fingerprint density at radius 1 is 1.07 bits per heavy atom. The number of likely N-dealkylation sites (tertiary alicyclic amines) is 1. The molecule has 1 saturated heterocycles. The van der Waals surface area contributed by atoms with Crippen molar-refractivity contribution in [1.29, 1.82) is 0 Å². The topological polar surface area (TPSA) is 72.1 Å². The number of anilines is 1. The molecule has 28 heavy (non-hydrogen) atoms. The van der Waals surface area contributed by atoms with Crippen molar-refractivity contribution in [2.75, 3.05) is 39.2 Å². The Hall–Kier alpha value is -2.73. The van der Waals surface area contributed by atoms with E-state index in [-0.39, 0.29) is 0 Å². The number of hydrogen-bond donors (Lipinski definition) is 2. The van der Waals surface area contributed by atoms with E-state index in [0.717, 1.165) is 56.2 Å². The van der Waals surface area contributed by atoms with Gasteiger partial charge in [-0.15, -0.1) is 0 Å². The molecule has 0 unspecified atom stereocenters. The largest absolute Gasteiger partial charge is 0.497 e. The lowest BCUT2D eigenvalue weighted by Crippen LogP contribution is -2.34. The second-order valence-electron chi connectivity index (χ2n) is 7.15. The zero-order valence-corrected chi connectivity index (χ0v) is 16.7. The molecule has 0 radical (unpaired) electrons. The number of ether oxygens (including phenoxy) is 2. The van der Waals surface area contributed by atoms with Gasteiger partial charge in [0.1, 0.15) is 11.5 Å². The van der Waals surface area contributed by atoms with Crippen LogP contribution in [0.3, 0.4) is 0 Å². The molecule has 6 nitrogen and oxygen atoms in total. The lowest BCUT2D eigenvalue weighted by Gasteiger charge is -2.31. The lowest BCUT2D eigenvalue weighted by atomic mass is 9.96. The maximum atomic E-state index is 6.04. The molecule has 1 aliphatic rings. The number of piperidine rings is 1. The van der Waals surface area contributed by atoms with Gasteiger partial charge in [0.2, 0.25) is 0 Å². The molecule has 3 rings (SSSR count). The molecular formula is C22H30N4O2. The number of nitrogens with one attached hydrogen (secondary N) is 1. The molecule has 6 heteroatoms. The highest BCUT2D eigenvalue weighted by Gasteiger charge is 2.19. The van der Waals surface area contributed by atoms with Crippen molar-refractivity contribution in [2.24, 2.45) is 16.6 Å². The highest BCUT2D eigenvalue weighted by atomic mass is 16.5. The maximum absolute atomic E-state index is 6.04. The zero-order chi connectivity index (χ0) is 19.8. The Morgan fingerprint density at radius 3 is 2.46 bits per heavy atom. The average molecular weight is 383 g/mol. The van der Waals surface area contributed by atoms with Gasteiger partial charge < -0.3 is 20.5 Å². The van der Waals surface area contributed by atoms with Crippen LogP contribution in [0.4, 0.5) is 5.69 Å². The van der Waals surface area contributed by atoms with E-state index in [1.54, 1.807) is 14.2 Å². The molecule has 1 fully saturated rings. The Morgan fingerprint density at radius 2 is 1.79 bits per heavy atom. The van der Waals surface area contributed by atoms with Gasteiger partial charge in [0.05, 0.1) is 14.2 Å². The van der Waals surface area contributed by atoms with E-state index in [1.165, 1.54) is 5.56 Å². The van der Waals surface area contributed by atoms with Crippen LogP contribution in [0, 0.1) is 5.92 Å². The first-order valence-corrected chi connectivity index (χ1v) is 9.72. The third kappa shape index (κ3) is 5.89. The van der Waals surface area contributed by atoms with Crippen molar-refractivity contribution in [3.05, 3.63) is 54.1 Å². The number of nitrogens with zero attached hydrogens (tertiary/aromatic N) is 2. The van der Waals surface area contributed by atoms with Gasteiger partial charge in [0, 0.05) is 24.8 Å². The first-order chi connectivity index (χ1) is 13.7. The minimum Gasteiger partial charge on any atom is -0.497 e. The Labute approximate surface area is 167 Å². The monoisotopic (exact) mass is 382 g/mol. The zero-order valence-electron chi connectivity index (χ0n) is 16.7. The molecule has 3 N–H and O–H groups in total. The van der Waals surface area contributed by atoms with Gasteiger partial charge in [-0.05, 0) is 61.7 Å². The smallest absolute Gasteiger partial charge is 0.193 e. The van der Waals surface area contributed by atoms with Crippen LogP contribution in [0.15, 0.2) is 53.5 Å². The van der Waals surface area contributed by atoms with Gasteiger partial charge >= 0.3 is 0 Å². The van der Waals surface area contributed by atoms with Crippen LogP contribution in [0.25, 0.3) is 0 Å². The fraction of sp³-hybridized carbons (Fsp3) is 0.409. The molecule has 0 saturated carbocycles. The number of nitrogens with two attached hydrogens (primary N) is 1. The molecule has 1 aliphatic heterocycles. The molecule has 0 atom stereocenters. The molecule has 0 amide bonds. The predicted molar refractivity (Wildman–Crippen MR) is 114 cm³/mol. The second-order valence-corrected chi connectivity index (χ2v) is 7.15. The fourth-order valence-corrected chi connectivity index (χ4v) is 3.43. The Balaban J connectivity index is 1.42. The van der Waals surface area contributed by atoms with Gasteiger partial charge in [-0.25, -0.2) is 0 Å². The van der Waals surface area contributed by atoms with Crippen molar-refractivity contribution in [1.82, 2.24) is 4.90 Å². The van der Waals surface area contributed by atoms with Crippen LogP contribution in [0.2, 0.25) is 0 Å². The summed E-state index contributed by atoms with van der Waals surface area (Å²) in [4.78, 5) is 7.04. The van der Waals surface area contributed by atoms with Gasteiger partial charge in [-0.3, -0.25) is 9.89 Å². The molecule has 0 aromatic heterocycles. The van der Waals surface area contributed by atoms with Crippen molar-refractivity contribution in [3.8, 4) is 11.5 Å². The summed E-state index contributed by atoms with van der Waals surface area (Å²) < 4.78 is 10.4. The van der Waals surface area contributed by atoms with Crippen molar-refractivity contribution >= 4 is 11.6 Å². The summed E-state index contributed by atoms with van der Waals surface area (Å²) in [6.07, 6.45) is 2.29. The molecule has 2 aromatic carbocycles. The van der Waals surface area contributed by atoms with E-state index in [1.807, 2.05) is 36.4 Å². The van der Waals surface area contributed by atoms with Crippen molar-refractivity contribution < 1.29 is 9.47 Å². The standard InChI is InChI=1S/C22H30N4O2/c1-27-20-8-6-18(7-9-20)16-26-12-10-17(11-13-26)15-24-22(23)25-19-4-3-5-21(14-19)28-2/h3-9,14,17H,10-13,15-16H2,1-2H3,(H3,23,24,25). The van der Waals surface area contributed by atoms with E-state index in [0.29, 0.717) is 11.9 Å². The highest BCUT2D eigenvalue weighted by Crippen LogP contribution is 2.21. The Bertz CT molecular complexity index is 768. The van der Waals surface area contributed by atoms with Crippen LogP contribution in [0.1, 0.15) is 18.4 Å². The minimum absolute atomic E-state index is 0.453. The number of guanidine groups is 1. The number of aliphatic imine (C=N–C) groups is 1. The molecule has 0 spiro atoms. The SMILES string of the molecule is COc1ccc(CN2CCC(CN=C(N)Nc3cccc(OC)c3)CC2)cc1. The van der Waals surface area contributed by atoms with E-state index in [9.17, 15) is 0 Å². The lowest BCUT2D eigenvalue weighted by molar-refractivity contribution is 0.180. The van der Waals surface area contributed by atoms with E-state index in [2.05, 4.69) is 27.3 Å². The summed E-state index contributed by atoms with van der Waals surface area (Å²) in [5, 5.41) is 3.13. The van der Waals surface area contributed by atoms with Crippen LogP contribution in [0.5, 0.6) is 11.5 Å². The summed E-state index contributed by atoms with van der Waals surface area (Å²) in [5.41, 5.74) is 8.25. The number of methoxy groups -OCH3 is 2. The summed E-state index contributed by atoms with van der Waals surface area (Å²) >= 11 is 0. The van der Waals surface area contributed by atoms with Crippen LogP contribution in [-0.4, -0.2) is 44.7 Å². The van der Waals surface area contributed by atoms with Gasteiger partial charge in [-0.1, -0.05) is 18.2 Å². The predicted octanol–water partition coefficient (Wildman–Crippen LogP) is 3.34. The molecule has 0 bridgehead atoms. The van der Waals surface area contributed by atoms with E-state index >= 15 is 0 Å². The molecule has 0 aliphatic carbocycles. The summed E-state index contributed by atoms with van der Waals surface area (Å²) in [6, 6.07) is 16.0. The van der Waals surface area contributed by atoms with E-state index in [4.69, 9.17) is 15.2 Å². The minimum atomic E-state index is 0.453. The molecule has 2 aromatic rings. The molecule has 150 valence electrons. The Kier molecular flexibility index (Phi) is 7.14. The maximum Gasteiger partial charge on any atom is 0.193 e. The quantitative estimate of drug-likeness (QED) is 0.568. The third-order valence-electron chi connectivity index (χ3n) is 5.13. The first-order valence-electron chi connectivity index (χ1n) is 9.72. The molecular weight excluding hydrogens is 352 g/mol. The number of benzene rings is 2. The third-order valence-corrected chi connectivity index (χ3v) is 5.13. The fourth-order valence-electron chi connectivity index (χ4n) is 3.43. The number of hydrogen-bond acceptors (Lipinski definition) is 4. The van der Waals surface area contributed by atoms with Crippen LogP contribution >= 0.6 is 0 Å². The first kappa shape index (κ1) is 20.0. The van der Waals surface area contributed by atoms with Crippen molar-refractivity contribution in [3.63, 3.8) is 0 Å². The van der Waals surface area contributed by atoms with Gasteiger partial charge in [-0.2, -0.15) is 0 Å². The molecule has 1 heterocycles. The van der Waals surface area contributed by atoms with E-state index < -0.39 is 0 Å².